The fourth-order valence-electron chi connectivity index (χ4n) is 3.74. The molecule has 0 unspecified atom stereocenters. The Morgan fingerprint density at radius 1 is 1.00 bits per heavy atom. The zero-order valence-electron chi connectivity index (χ0n) is 18.1. The molecule has 0 aliphatic carbocycles. The molecule has 0 bridgehead atoms. The normalized spacial score (nSPS) is 13.6. The van der Waals surface area contributed by atoms with Gasteiger partial charge in [0.15, 0.2) is 5.76 Å². The van der Waals surface area contributed by atoms with E-state index in [1.807, 2.05) is 61.5 Å². The van der Waals surface area contributed by atoms with Gasteiger partial charge in [-0.2, -0.15) is 0 Å². The van der Waals surface area contributed by atoms with Gasteiger partial charge < -0.3 is 24.3 Å². The minimum absolute atomic E-state index is 0.0600. The number of carbonyl (C=O) groups is 2. The second-order valence-electron chi connectivity index (χ2n) is 7.54. The highest BCUT2D eigenvalue weighted by Gasteiger charge is 2.23. The Bertz CT molecular complexity index is 1040. The van der Waals surface area contributed by atoms with Gasteiger partial charge in [0.05, 0.1) is 19.5 Å². The number of furan rings is 1. The van der Waals surface area contributed by atoms with Crippen LogP contribution in [0.2, 0.25) is 0 Å². The van der Waals surface area contributed by atoms with Crippen LogP contribution in [0.4, 0.5) is 11.4 Å². The molecule has 2 aromatic carbocycles. The number of hydrogen-bond acceptors (Lipinski definition) is 5. The highest BCUT2D eigenvalue weighted by molar-refractivity contribution is 6.01. The maximum absolute atomic E-state index is 13.1. The van der Waals surface area contributed by atoms with Gasteiger partial charge in [0.1, 0.15) is 6.54 Å². The molecular weight excluding hydrogens is 406 g/mol. The minimum Gasteiger partial charge on any atom is -0.459 e. The summed E-state index contributed by atoms with van der Waals surface area (Å²) in [6, 6.07) is 19.1. The van der Waals surface area contributed by atoms with E-state index in [9.17, 15) is 9.59 Å². The summed E-state index contributed by atoms with van der Waals surface area (Å²) in [4.78, 5) is 29.4. The number of nitrogens with zero attached hydrogens (tertiary/aromatic N) is 2. The number of hydrogen-bond donors (Lipinski definition) is 1. The van der Waals surface area contributed by atoms with Crippen molar-refractivity contribution in [2.75, 3.05) is 49.6 Å². The average Bonchev–Trinajstić information content (AvgIpc) is 3.34. The number of benzene rings is 2. The summed E-state index contributed by atoms with van der Waals surface area (Å²) in [5, 5.41) is 2.88. The minimum atomic E-state index is -0.311. The van der Waals surface area contributed by atoms with Crippen LogP contribution in [-0.2, 0) is 9.53 Å². The van der Waals surface area contributed by atoms with E-state index in [1.165, 1.54) is 11.2 Å². The van der Waals surface area contributed by atoms with Gasteiger partial charge >= 0.3 is 0 Å². The maximum Gasteiger partial charge on any atom is 0.290 e. The lowest BCUT2D eigenvalue weighted by molar-refractivity contribution is -0.116. The predicted molar refractivity (Wildman–Crippen MR) is 124 cm³/mol. The van der Waals surface area contributed by atoms with Crippen molar-refractivity contribution in [1.82, 2.24) is 4.90 Å². The van der Waals surface area contributed by atoms with Crippen LogP contribution in [0, 0.1) is 0 Å². The molecular formula is C25H27N3O4. The van der Waals surface area contributed by atoms with Crippen molar-refractivity contribution in [2.24, 2.45) is 0 Å². The summed E-state index contributed by atoms with van der Waals surface area (Å²) in [7, 11) is 0. The zero-order valence-corrected chi connectivity index (χ0v) is 18.1. The molecule has 166 valence electrons. The summed E-state index contributed by atoms with van der Waals surface area (Å²) >= 11 is 0. The Hall–Kier alpha value is -3.58. The molecule has 0 radical (unpaired) electrons. The lowest BCUT2D eigenvalue weighted by Gasteiger charge is -2.29. The van der Waals surface area contributed by atoms with Gasteiger partial charge in [-0.15, -0.1) is 0 Å². The molecule has 0 saturated carbocycles. The molecule has 7 heteroatoms. The summed E-state index contributed by atoms with van der Waals surface area (Å²) in [5.74, 6) is -0.331. The van der Waals surface area contributed by atoms with Crippen LogP contribution in [0.5, 0.6) is 0 Å². The second kappa shape index (κ2) is 10.2. The number of ether oxygens (including phenoxy) is 1. The van der Waals surface area contributed by atoms with Crippen LogP contribution in [0.15, 0.2) is 71.3 Å². The van der Waals surface area contributed by atoms with E-state index in [2.05, 4.69) is 10.2 Å². The van der Waals surface area contributed by atoms with E-state index >= 15 is 0 Å². The SMILES string of the molecule is CCN(CC(=O)Nc1ccc(N2CCOCC2)cc1)C(=O)c1occc1-c1ccccc1. The first-order valence-electron chi connectivity index (χ1n) is 10.8. The van der Waals surface area contributed by atoms with Gasteiger partial charge in [0, 0.05) is 36.6 Å². The topological polar surface area (TPSA) is 75.0 Å². The summed E-state index contributed by atoms with van der Waals surface area (Å²) in [6.07, 6.45) is 1.50. The summed E-state index contributed by atoms with van der Waals surface area (Å²) < 4.78 is 10.9. The first kappa shape index (κ1) is 21.6. The van der Waals surface area contributed by atoms with Crippen molar-refractivity contribution in [3.63, 3.8) is 0 Å². The summed E-state index contributed by atoms with van der Waals surface area (Å²) in [5.41, 5.74) is 3.40. The van der Waals surface area contributed by atoms with E-state index < -0.39 is 0 Å². The van der Waals surface area contributed by atoms with Crippen molar-refractivity contribution in [3.05, 3.63) is 72.7 Å². The largest absolute Gasteiger partial charge is 0.459 e. The number of nitrogens with one attached hydrogen (secondary N) is 1. The summed E-state index contributed by atoms with van der Waals surface area (Å²) in [6.45, 7) is 5.33. The van der Waals surface area contributed by atoms with E-state index in [4.69, 9.17) is 9.15 Å². The van der Waals surface area contributed by atoms with Gasteiger partial charge in [0.2, 0.25) is 5.91 Å². The van der Waals surface area contributed by atoms with Gasteiger partial charge in [-0.05, 0) is 42.8 Å². The third-order valence-electron chi connectivity index (χ3n) is 5.47. The molecule has 1 N–H and O–H groups in total. The van der Waals surface area contributed by atoms with Crippen LogP contribution in [0.3, 0.4) is 0 Å². The Morgan fingerprint density at radius 3 is 2.41 bits per heavy atom. The van der Waals surface area contributed by atoms with Crippen molar-refractivity contribution in [2.45, 2.75) is 6.92 Å². The number of amides is 2. The molecule has 2 amide bonds. The second-order valence-corrected chi connectivity index (χ2v) is 7.54. The fourth-order valence-corrected chi connectivity index (χ4v) is 3.74. The van der Waals surface area contributed by atoms with Crippen molar-refractivity contribution < 1.29 is 18.7 Å². The molecule has 1 saturated heterocycles. The highest BCUT2D eigenvalue weighted by Crippen LogP contribution is 2.26. The maximum atomic E-state index is 13.1. The number of carbonyl (C=O) groups excluding carboxylic acids is 2. The number of anilines is 2. The van der Waals surface area contributed by atoms with E-state index in [0.29, 0.717) is 17.8 Å². The Balaban J connectivity index is 1.39. The third kappa shape index (κ3) is 5.00. The molecule has 2 heterocycles. The quantitative estimate of drug-likeness (QED) is 0.612. The standard InChI is InChI=1S/C25H27N3O4/c1-2-27(25(30)24-22(12-15-32-24)19-6-4-3-5-7-19)18-23(29)26-20-8-10-21(11-9-20)28-13-16-31-17-14-28/h3-12,15H,2,13-14,16-18H2,1H3,(H,26,29). The van der Waals surface area contributed by atoms with Crippen molar-refractivity contribution in [3.8, 4) is 11.1 Å². The third-order valence-corrected chi connectivity index (χ3v) is 5.47. The van der Waals surface area contributed by atoms with E-state index in [0.717, 1.165) is 37.6 Å². The van der Waals surface area contributed by atoms with Crippen molar-refractivity contribution in [1.29, 1.82) is 0 Å². The smallest absolute Gasteiger partial charge is 0.290 e. The first-order chi connectivity index (χ1) is 15.7. The Labute approximate surface area is 187 Å². The molecule has 0 atom stereocenters. The number of morpholine rings is 1. The first-order valence-corrected chi connectivity index (χ1v) is 10.8. The molecule has 4 rings (SSSR count). The average molecular weight is 434 g/mol. The van der Waals surface area contributed by atoms with Gasteiger partial charge in [-0.1, -0.05) is 30.3 Å². The van der Waals surface area contributed by atoms with Gasteiger partial charge in [-0.25, -0.2) is 0 Å². The van der Waals surface area contributed by atoms with Crippen LogP contribution in [0.25, 0.3) is 11.1 Å². The molecule has 3 aromatic rings. The lowest BCUT2D eigenvalue weighted by Crippen LogP contribution is -2.38. The predicted octanol–water partition coefficient (Wildman–Crippen LogP) is 3.88. The molecule has 1 aliphatic heterocycles. The molecule has 32 heavy (non-hydrogen) atoms. The van der Waals surface area contributed by atoms with Crippen LogP contribution in [-0.4, -0.2) is 56.1 Å². The van der Waals surface area contributed by atoms with Crippen LogP contribution >= 0.6 is 0 Å². The van der Waals surface area contributed by atoms with E-state index in [1.54, 1.807) is 6.07 Å². The number of rotatable bonds is 7. The van der Waals surface area contributed by atoms with Gasteiger partial charge in [0.25, 0.3) is 5.91 Å². The van der Waals surface area contributed by atoms with Crippen molar-refractivity contribution >= 4 is 23.2 Å². The zero-order chi connectivity index (χ0) is 22.3. The molecule has 1 aromatic heterocycles. The van der Waals surface area contributed by atoms with Crippen LogP contribution < -0.4 is 10.2 Å². The molecule has 7 nitrogen and oxygen atoms in total. The van der Waals surface area contributed by atoms with Crippen LogP contribution in [0.1, 0.15) is 17.5 Å². The van der Waals surface area contributed by atoms with Gasteiger partial charge in [-0.3, -0.25) is 9.59 Å². The fraction of sp³-hybridized carbons (Fsp3) is 0.280. The lowest BCUT2D eigenvalue weighted by atomic mass is 10.1. The monoisotopic (exact) mass is 433 g/mol. The molecule has 0 spiro atoms. The molecule has 1 fully saturated rings. The molecule has 1 aliphatic rings. The number of likely N-dealkylation sites (N-methyl/N-ethyl adjacent to an activating group) is 1. The Morgan fingerprint density at radius 2 is 1.72 bits per heavy atom. The Kier molecular flexibility index (Phi) is 6.87. The van der Waals surface area contributed by atoms with E-state index in [-0.39, 0.29) is 24.1 Å². The highest BCUT2D eigenvalue weighted by atomic mass is 16.5.